The van der Waals surface area contributed by atoms with Gasteiger partial charge in [-0.2, -0.15) is 4.37 Å². The Morgan fingerprint density at radius 3 is 2.34 bits per heavy atom. The number of carbonyl (C=O) groups excluding carboxylic acids is 3. The molecule has 1 aromatic heterocycles. The molecule has 38 heavy (non-hydrogen) atoms. The van der Waals surface area contributed by atoms with Crippen LogP contribution in [0.5, 0.6) is 0 Å². The first kappa shape index (κ1) is 27.0. The lowest BCUT2D eigenvalue weighted by Gasteiger charge is -2.32. The molecule has 2 heterocycles. The molecule has 0 spiro atoms. The standard InChI is InChI=1S/C26H29FN6O4S/c1-32(2)17-9-5-15(6-10-17)22(25(35)30-14-19-4-3-13-37-19)33(18-11-7-16(27)8-12-18)26(36)23-20(28)21(24(29)34)31-38-23/h5-12,19,22H,3-4,13-14,28H2,1-2H3,(H2,29,34)(H,30,35)/t19-,22+/m0/s1. The normalized spacial score (nSPS) is 15.6. The number of hydrogen-bond donors (Lipinski definition) is 3. The first-order valence-corrected chi connectivity index (χ1v) is 12.8. The van der Waals surface area contributed by atoms with Gasteiger partial charge in [0.1, 0.15) is 16.7 Å². The Kier molecular flexibility index (Phi) is 8.23. The molecule has 4 rings (SSSR count). The predicted octanol–water partition coefficient (Wildman–Crippen LogP) is 2.71. The van der Waals surface area contributed by atoms with Gasteiger partial charge in [-0.1, -0.05) is 12.1 Å². The van der Waals surface area contributed by atoms with Crippen molar-refractivity contribution in [2.45, 2.75) is 25.0 Å². The zero-order chi connectivity index (χ0) is 27.4. The molecule has 5 N–H and O–H groups in total. The lowest BCUT2D eigenvalue weighted by molar-refractivity contribution is -0.123. The molecule has 1 aliphatic rings. The number of nitrogen functional groups attached to an aromatic ring is 1. The van der Waals surface area contributed by atoms with E-state index in [1.54, 1.807) is 12.1 Å². The SMILES string of the molecule is CN(C)c1ccc([C@H](C(=O)NC[C@@H]2CCCO2)N(C(=O)c2snc(C(N)=O)c2N)c2ccc(F)cc2)cc1. The molecule has 200 valence electrons. The highest BCUT2D eigenvalue weighted by atomic mass is 32.1. The number of aromatic nitrogens is 1. The summed E-state index contributed by atoms with van der Waals surface area (Å²) < 4.78 is 23.4. The highest BCUT2D eigenvalue weighted by Gasteiger charge is 2.36. The maximum Gasteiger partial charge on any atom is 0.273 e. The number of nitrogens with one attached hydrogen (secondary N) is 1. The Morgan fingerprint density at radius 1 is 1.13 bits per heavy atom. The zero-order valence-corrected chi connectivity index (χ0v) is 21.8. The van der Waals surface area contributed by atoms with Gasteiger partial charge in [0.2, 0.25) is 5.91 Å². The molecule has 2 atom stereocenters. The first-order valence-electron chi connectivity index (χ1n) is 12.0. The van der Waals surface area contributed by atoms with Gasteiger partial charge in [0, 0.05) is 38.6 Å². The third-order valence-electron chi connectivity index (χ3n) is 6.24. The number of benzene rings is 2. The molecule has 12 heteroatoms. The fourth-order valence-electron chi connectivity index (χ4n) is 4.21. The average Bonchev–Trinajstić information content (AvgIpc) is 3.56. The summed E-state index contributed by atoms with van der Waals surface area (Å²) in [7, 11) is 3.77. The monoisotopic (exact) mass is 540 g/mol. The summed E-state index contributed by atoms with van der Waals surface area (Å²) in [4.78, 5) is 42.6. The van der Waals surface area contributed by atoms with E-state index in [0.717, 1.165) is 18.5 Å². The number of nitrogens with zero attached hydrogens (tertiary/aromatic N) is 3. The molecule has 0 saturated carbocycles. The highest BCUT2D eigenvalue weighted by Crippen LogP contribution is 2.34. The molecule has 3 aromatic rings. The predicted molar refractivity (Wildman–Crippen MR) is 144 cm³/mol. The zero-order valence-electron chi connectivity index (χ0n) is 21.0. The van der Waals surface area contributed by atoms with Crippen LogP contribution in [-0.2, 0) is 9.53 Å². The number of anilines is 3. The molecule has 0 bridgehead atoms. The topological polar surface area (TPSA) is 144 Å². The van der Waals surface area contributed by atoms with E-state index in [4.69, 9.17) is 16.2 Å². The minimum atomic E-state index is -1.16. The number of amides is 3. The Bertz CT molecular complexity index is 1310. The minimum Gasteiger partial charge on any atom is -0.395 e. The lowest BCUT2D eigenvalue weighted by atomic mass is 10.0. The molecular formula is C26H29FN6O4S. The van der Waals surface area contributed by atoms with Gasteiger partial charge in [-0.25, -0.2) is 4.39 Å². The fourth-order valence-corrected chi connectivity index (χ4v) is 4.96. The van der Waals surface area contributed by atoms with Crippen LogP contribution in [0.2, 0.25) is 0 Å². The summed E-state index contributed by atoms with van der Waals surface area (Å²) >= 11 is 0.704. The van der Waals surface area contributed by atoms with E-state index < -0.39 is 29.6 Å². The van der Waals surface area contributed by atoms with Gasteiger partial charge in [0.15, 0.2) is 5.69 Å². The van der Waals surface area contributed by atoms with Crippen molar-refractivity contribution in [3.8, 4) is 0 Å². The molecule has 0 unspecified atom stereocenters. The smallest absolute Gasteiger partial charge is 0.273 e. The molecule has 1 aliphatic heterocycles. The second-order valence-electron chi connectivity index (χ2n) is 9.06. The van der Waals surface area contributed by atoms with E-state index in [1.807, 2.05) is 31.1 Å². The molecule has 1 fully saturated rings. The van der Waals surface area contributed by atoms with Crippen molar-refractivity contribution < 1.29 is 23.5 Å². The third-order valence-corrected chi connectivity index (χ3v) is 7.09. The van der Waals surface area contributed by atoms with Crippen LogP contribution in [0.1, 0.15) is 44.6 Å². The molecule has 3 amide bonds. The van der Waals surface area contributed by atoms with E-state index in [0.29, 0.717) is 23.7 Å². The van der Waals surface area contributed by atoms with Gasteiger partial charge < -0.3 is 26.4 Å². The van der Waals surface area contributed by atoms with Gasteiger partial charge >= 0.3 is 0 Å². The lowest BCUT2D eigenvalue weighted by Crippen LogP contribution is -2.45. The molecule has 2 aromatic carbocycles. The second kappa shape index (κ2) is 11.6. The van der Waals surface area contributed by atoms with Crippen molar-refractivity contribution in [3.05, 3.63) is 70.5 Å². The van der Waals surface area contributed by atoms with E-state index >= 15 is 0 Å². The summed E-state index contributed by atoms with van der Waals surface area (Å²) in [5, 5.41) is 2.91. The van der Waals surface area contributed by atoms with Crippen molar-refractivity contribution >= 4 is 46.3 Å². The maximum atomic E-state index is 14.0. The summed E-state index contributed by atoms with van der Waals surface area (Å²) in [6.07, 6.45) is 1.60. The quantitative estimate of drug-likeness (QED) is 0.379. The number of halogens is 1. The van der Waals surface area contributed by atoms with Gasteiger partial charge in [-0.05, 0) is 66.3 Å². The van der Waals surface area contributed by atoms with Crippen LogP contribution < -0.4 is 26.6 Å². The molecule has 0 radical (unpaired) electrons. The van der Waals surface area contributed by atoms with Crippen molar-refractivity contribution in [3.63, 3.8) is 0 Å². The Labute approximate surface area is 223 Å². The van der Waals surface area contributed by atoms with E-state index in [2.05, 4.69) is 9.69 Å². The van der Waals surface area contributed by atoms with Gasteiger partial charge in [0.05, 0.1) is 11.8 Å². The number of ether oxygens (including phenoxy) is 1. The summed E-state index contributed by atoms with van der Waals surface area (Å²) in [6, 6.07) is 11.2. The number of rotatable bonds is 9. The summed E-state index contributed by atoms with van der Waals surface area (Å²) in [5.41, 5.74) is 12.7. The van der Waals surface area contributed by atoms with E-state index in [1.165, 1.54) is 29.2 Å². The molecule has 10 nitrogen and oxygen atoms in total. The van der Waals surface area contributed by atoms with E-state index in [9.17, 15) is 18.8 Å². The molecule has 0 aliphatic carbocycles. The van der Waals surface area contributed by atoms with Crippen LogP contribution in [0.25, 0.3) is 0 Å². The van der Waals surface area contributed by atoms with Crippen LogP contribution in [0.3, 0.4) is 0 Å². The number of hydrogen-bond acceptors (Lipinski definition) is 8. The Morgan fingerprint density at radius 2 is 1.79 bits per heavy atom. The second-order valence-corrected chi connectivity index (χ2v) is 9.83. The van der Waals surface area contributed by atoms with Crippen LogP contribution in [0.4, 0.5) is 21.5 Å². The maximum absolute atomic E-state index is 14.0. The van der Waals surface area contributed by atoms with Crippen molar-refractivity contribution in [1.82, 2.24) is 9.69 Å². The van der Waals surface area contributed by atoms with Crippen LogP contribution >= 0.6 is 11.5 Å². The van der Waals surface area contributed by atoms with Gasteiger partial charge in [0.25, 0.3) is 11.8 Å². The van der Waals surface area contributed by atoms with Crippen molar-refractivity contribution in [1.29, 1.82) is 0 Å². The van der Waals surface area contributed by atoms with E-state index in [-0.39, 0.29) is 34.6 Å². The minimum absolute atomic E-state index is 0.0648. The summed E-state index contributed by atoms with van der Waals surface area (Å²) in [6.45, 7) is 0.897. The van der Waals surface area contributed by atoms with Crippen molar-refractivity contribution in [2.24, 2.45) is 5.73 Å². The average molecular weight is 541 g/mol. The number of primary amides is 1. The van der Waals surface area contributed by atoms with Gasteiger partial charge in [-0.15, -0.1) is 0 Å². The highest BCUT2D eigenvalue weighted by molar-refractivity contribution is 7.09. The third kappa shape index (κ3) is 5.76. The molecule has 1 saturated heterocycles. The van der Waals surface area contributed by atoms with Crippen molar-refractivity contribution in [2.75, 3.05) is 42.8 Å². The van der Waals surface area contributed by atoms with Crippen LogP contribution in [0, 0.1) is 5.82 Å². The Balaban J connectivity index is 1.81. The number of nitrogens with two attached hydrogens (primary N) is 2. The first-order chi connectivity index (χ1) is 18.2. The van der Waals surface area contributed by atoms with Crippen LogP contribution in [0.15, 0.2) is 48.5 Å². The van der Waals surface area contributed by atoms with Gasteiger partial charge in [-0.3, -0.25) is 19.3 Å². The number of carbonyl (C=O) groups is 3. The Hall–Kier alpha value is -4.03. The van der Waals surface area contributed by atoms with Crippen LogP contribution in [-0.4, -0.2) is 55.4 Å². The molecular weight excluding hydrogens is 511 g/mol. The summed E-state index contributed by atoms with van der Waals surface area (Å²) in [5.74, 6) is -2.54. The fraction of sp³-hybridized carbons (Fsp3) is 0.308. The largest absolute Gasteiger partial charge is 0.395 e.